The average molecular weight is 203 g/mol. The Morgan fingerprint density at radius 1 is 1.13 bits per heavy atom. The van der Waals surface area contributed by atoms with Gasteiger partial charge in [0.2, 0.25) is 0 Å². The van der Waals surface area contributed by atoms with E-state index < -0.39 is 0 Å². The maximum absolute atomic E-state index is 9.50. The van der Waals surface area contributed by atoms with E-state index in [1.165, 1.54) is 36.9 Å². The summed E-state index contributed by atoms with van der Waals surface area (Å²) in [5, 5.41) is 13.1. The van der Waals surface area contributed by atoms with Crippen LogP contribution in [0.25, 0.3) is 0 Å². The third-order valence-corrected chi connectivity index (χ3v) is 3.78. The zero-order valence-electron chi connectivity index (χ0n) is 8.87. The summed E-state index contributed by atoms with van der Waals surface area (Å²) in [5.74, 6) is 1.20. The van der Waals surface area contributed by atoms with Gasteiger partial charge in [-0.2, -0.15) is 0 Å². The van der Waals surface area contributed by atoms with E-state index in [1.807, 2.05) is 12.1 Å². The second-order valence-corrected chi connectivity index (χ2v) is 4.91. The van der Waals surface area contributed by atoms with Crippen LogP contribution in [-0.2, 0) is 12.8 Å². The monoisotopic (exact) mass is 203 g/mol. The van der Waals surface area contributed by atoms with E-state index in [4.69, 9.17) is 0 Å². The summed E-state index contributed by atoms with van der Waals surface area (Å²) >= 11 is 0. The first kappa shape index (κ1) is 9.22. The Morgan fingerprint density at radius 2 is 2.07 bits per heavy atom. The number of phenolic OH excluding ortho intramolecular Hbond substituents is 1. The molecule has 2 nitrogen and oxygen atoms in total. The predicted molar refractivity (Wildman–Crippen MR) is 60.0 cm³/mol. The van der Waals surface area contributed by atoms with Crippen LogP contribution in [0.15, 0.2) is 18.2 Å². The maximum Gasteiger partial charge on any atom is 0.115 e. The second-order valence-electron chi connectivity index (χ2n) is 4.91. The lowest BCUT2D eigenvalue weighted by Crippen LogP contribution is -2.42. The lowest BCUT2D eigenvalue weighted by molar-refractivity contribution is 0.296. The van der Waals surface area contributed by atoms with Crippen LogP contribution >= 0.6 is 0 Å². The number of phenols is 1. The molecule has 1 aliphatic carbocycles. The smallest absolute Gasteiger partial charge is 0.115 e. The molecule has 0 radical (unpaired) electrons. The highest BCUT2D eigenvalue weighted by Gasteiger charge is 2.25. The first-order valence-electron chi connectivity index (χ1n) is 5.85. The SMILES string of the molecule is Oc1ccc2c(c1)CC1CCC(CN1)C2. The Kier molecular flexibility index (Phi) is 2.17. The molecule has 15 heavy (non-hydrogen) atoms. The van der Waals surface area contributed by atoms with Crippen molar-refractivity contribution >= 4 is 0 Å². The summed E-state index contributed by atoms with van der Waals surface area (Å²) < 4.78 is 0. The summed E-state index contributed by atoms with van der Waals surface area (Å²) in [6.45, 7) is 1.17. The van der Waals surface area contributed by atoms with Gasteiger partial charge in [-0.15, -0.1) is 0 Å². The number of hydrogen-bond donors (Lipinski definition) is 2. The largest absolute Gasteiger partial charge is 0.508 e. The van der Waals surface area contributed by atoms with Gasteiger partial charge in [0.15, 0.2) is 0 Å². The number of benzene rings is 1. The Balaban J connectivity index is 1.99. The van der Waals surface area contributed by atoms with Crippen LogP contribution in [0.1, 0.15) is 24.0 Å². The molecule has 2 bridgehead atoms. The van der Waals surface area contributed by atoms with Gasteiger partial charge in [0, 0.05) is 6.04 Å². The van der Waals surface area contributed by atoms with Gasteiger partial charge in [-0.3, -0.25) is 0 Å². The van der Waals surface area contributed by atoms with Crippen LogP contribution in [0.2, 0.25) is 0 Å². The first-order valence-corrected chi connectivity index (χ1v) is 5.85. The van der Waals surface area contributed by atoms with Gasteiger partial charge in [-0.25, -0.2) is 0 Å². The molecule has 80 valence electrons. The minimum absolute atomic E-state index is 0.408. The standard InChI is InChI=1S/C13H17NO/c15-13-4-2-10-5-9-1-3-12(14-8-9)6-11(10)7-13/h2,4,7,9,12,14-15H,1,3,5-6,8H2. The molecule has 1 aromatic carbocycles. The number of nitrogens with one attached hydrogen (secondary N) is 1. The number of piperidine rings is 1. The van der Waals surface area contributed by atoms with E-state index >= 15 is 0 Å². The van der Waals surface area contributed by atoms with Crippen molar-refractivity contribution in [3.8, 4) is 5.75 Å². The molecule has 3 aliphatic rings. The first-order chi connectivity index (χ1) is 7.31. The normalized spacial score (nSPS) is 29.3. The van der Waals surface area contributed by atoms with Gasteiger partial charge in [-0.1, -0.05) is 6.07 Å². The Labute approximate surface area is 90.3 Å². The molecule has 1 aromatic rings. The van der Waals surface area contributed by atoms with Gasteiger partial charge in [0.25, 0.3) is 0 Å². The zero-order chi connectivity index (χ0) is 10.3. The second kappa shape index (κ2) is 3.53. The molecule has 0 amide bonds. The highest BCUT2D eigenvalue weighted by molar-refractivity contribution is 5.36. The fourth-order valence-corrected chi connectivity index (χ4v) is 2.90. The van der Waals surface area contributed by atoms with Gasteiger partial charge in [0.05, 0.1) is 0 Å². The molecular formula is C13H17NO. The molecule has 0 saturated carbocycles. The van der Waals surface area contributed by atoms with Gasteiger partial charge in [0.1, 0.15) is 5.75 Å². The van der Waals surface area contributed by atoms with Crippen molar-refractivity contribution in [3.63, 3.8) is 0 Å². The van der Waals surface area contributed by atoms with Crippen LogP contribution in [0.3, 0.4) is 0 Å². The molecule has 0 spiro atoms. The van der Waals surface area contributed by atoms with E-state index in [2.05, 4.69) is 11.4 Å². The third kappa shape index (κ3) is 1.74. The molecule has 2 atom stereocenters. The summed E-state index contributed by atoms with van der Waals surface area (Å²) in [7, 11) is 0. The molecule has 2 unspecified atom stereocenters. The summed E-state index contributed by atoms with van der Waals surface area (Å²) in [6.07, 6.45) is 4.91. The van der Waals surface area contributed by atoms with Crippen LogP contribution in [0, 0.1) is 5.92 Å². The molecule has 0 aromatic heterocycles. The fraction of sp³-hybridized carbons (Fsp3) is 0.538. The zero-order valence-corrected chi connectivity index (χ0v) is 8.87. The number of rotatable bonds is 0. The average Bonchev–Trinajstić information content (AvgIpc) is 2.20. The van der Waals surface area contributed by atoms with Crippen molar-refractivity contribution in [2.24, 2.45) is 5.92 Å². The third-order valence-electron chi connectivity index (χ3n) is 3.78. The van der Waals surface area contributed by atoms with Crippen LogP contribution in [0.4, 0.5) is 0 Å². The summed E-state index contributed by atoms with van der Waals surface area (Å²) in [4.78, 5) is 0. The van der Waals surface area contributed by atoms with Crippen molar-refractivity contribution in [1.29, 1.82) is 0 Å². The lowest BCUT2D eigenvalue weighted by Gasteiger charge is -2.34. The number of hydrogen-bond acceptors (Lipinski definition) is 2. The minimum Gasteiger partial charge on any atom is -0.508 e. The van der Waals surface area contributed by atoms with Crippen molar-refractivity contribution < 1.29 is 5.11 Å². The van der Waals surface area contributed by atoms with E-state index in [-0.39, 0.29) is 0 Å². The Morgan fingerprint density at radius 3 is 2.87 bits per heavy atom. The van der Waals surface area contributed by atoms with Crippen molar-refractivity contribution in [1.82, 2.24) is 5.32 Å². The molecule has 1 fully saturated rings. The van der Waals surface area contributed by atoms with E-state index in [0.29, 0.717) is 11.8 Å². The van der Waals surface area contributed by atoms with Crippen molar-refractivity contribution in [2.45, 2.75) is 31.7 Å². The number of fused-ring (bicyclic) bond motifs is 2. The van der Waals surface area contributed by atoms with E-state index in [0.717, 1.165) is 12.3 Å². The molecule has 1 saturated heterocycles. The highest BCUT2D eigenvalue weighted by Crippen LogP contribution is 2.29. The highest BCUT2D eigenvalue weighted by atomic mass is 16.3. The van der Waals surface area contributed by atoms with Crippen molar-refractivity contribution in [3.05, 3.63) is 29.3 Å². The molecule has 2 heteroatoms. The number of aromatic hydroxyl groups is 1. The van der Waals surface area contributed by atoms with Gasteiger partial charge < -0.3 is 10.4 Å². The van der Waals surface area contributed by atoms with E-state index in [1.54, 1.807) is 0 Å². The maximum atomic E-state index is 9.50. The minimum atomic E-state index is 0.408. The summed E-state index contributed by atoms with van der Waals surface area (Å²) in [5.41, 5.74) is 2.79. The molecular weight excluding hydrogens is 186 g/mol. The summed E-state index contributed by atoms with van der Waals surface area (Å²) in [6, 6.07) is 6.49. The van der Waals surface area contributed by atoms with Crippen LogP contribution in [0.5, 0.6) is 5.75 Å². The van der Waals surface area contributed by atoms with Crippen molar-refractivity contribution in [2.75, 3.05) is 6.54 Å². The quantitative estimate of drug-likeness (QED) is 0.674. The van der Waals surface area contributed by atoms with E-state index in [9.17, 15) is 5.11 Å². The predicted octanol–water partition coefficient (Wildman–Crippen LogP) is 1.86. The fourth-order valence-electron chi connectivity index (χ4n) is 2.90. The molecule has 2 aliphatic heterocycles. The lowest BCUT2D eigenvalue weighted by atomic mass is 9.81. The molecule has 2 N–H and O–H groups in total. The topological polar surface area (TPSA) is 32.3 Å². The van der Waals surface area contributed by atoms with Gasteiger partial charge >= 0.3 is 0 Å². The Bertz CT molecular complexity index is 367. The van der Waals surface area contributed by atoms with Crippen LogP contribution < -0.4 is 5.32 Å². The molecule has 2 heterocycles. The molecule has 4 rings (SSSR count). The Hall–Kier alpha value is -1.02. The van der Waals surface area contributed by atoms with Crippen LogP contribution in [-0.4, -0.2) is 17.7 Å². The van der Waals surface area contributed by atoms with Gasteiger partial charge in [-0.05, 0) is 61.4 Å².